The number of esters is 1. The summed E-state index contributed by atoms with van der Waals surface area (Å²) in [5, 5.41) is 0. The van der Waals surface area contributed by atoms with Crippen molar-refractivity contribution in [3.05, 3.63) is 68.8 Å². The van der Waals surface area contributed by atoms with Gasteiger partial charge in [-0.1, -0.05) is 29.8 Å². The van der Waals surface area contributed by atoms with Crippen LogP contribution in [0.2, 0.25) is 0 Å². The van der Waals surface area contributed by atoms with Gasteiger partial charge in [0.2, 0.25) is 0 Å². The molecular weight excluding hydrogens is 367 g/mol. The molecule has 0 heterocycles. The first-order valence-corrected chi connectivity index (χ1v) is 7.17. The Hall–Kier alpha value is -1.69. The number of aryl methyl sites for hydroxylation is 1. The molecule has 0 radical (unpaired) electrons. The van der Waals surface area contributed by atoms with Crippen molar-refractivity contribution in [1.82, 2.24) is 0 Å². The zero-order valence-electron chi connectivity index (χ0n) is 10.9. The van der Waals surface area contributed by atoms with Gasteiger partial charge in [-0.15, -0.1) is 0 Å². The minimum Gasteiger partial charge on any atom is -0.454 e. The minimum atomic E-state index is -0.483. The smallest absolute Gasteiger partial charge is 0.338 e. The second-order valence-corrected chi connectivity index (χ2v) is 5.62. The van der Waals surface area contributed by atoms with E-state index in [-0.39, 0.29) is 12.4 Å². The number of Topliss-reactive ketones (excluding diaryl/α,β-unsaturated/α-hetero) is 1. The van der Waals surface area contributed by atoms with E-state index in [1.807, 2.05) is 31.2 Å². The van der Waals surface area contributed by atoms with Crippen LogP contribution < -0.4 is 0 Å². The lowest BCUT2D eigenvalue weighted by molar-refractivity contribution is 0.0475. The monoisotopic (exact) mass is 380 g/mol. The molecule has 0 atom stereocenters. The summed E-state index contributed by atoms with van der Waals surface area (Å²) in [5.41, 5.74) is 2.06. The first-order valence-electron chi connectivity index (χ1n) is 6.09. The van der Waals surface area contributed by atoms with Crippen molar-refractivity contribution in [2.24, 2.45) is 0 Å². The van der Waals surface area contributed by atoms with Crippen molar-refractivity contribution >= 4 is 34.3 Å². The second kappa shape index (κ2) is 6.65. The first kappa shape index (κ1) is 14.7. The van der Waals surface area contributed by atoms with Gasteiger partial charge < -0.3 is 4.74 Å². The first-order chi connectivity index (χ1) is 9.56. The van der Waals surface area contributed by atoms with Gasteiger partial charge in [0.25, 0.3) is 0 Å². The lowest BCUT2D eigenvalue weighted by Crippen LogP contribution is -2.14. The Kier molecular flexibility index (Phi) is 4.89. The largest absolute Gasteiger partial charge is 0.454 e. The summed E-state index contributed by atoms with van der Waals surface area (Å²) in [6, 6.07) is 14.2. The van der Waals surface area contributed by atoms with Gasteiger partial charge in [0.05, 0.1) is 5.56 Å². The molecule has 2 rings (SSSR count). The van der Waals surface area contributed by atoms with Crippen molar-refractivity contribution in [3.63, 3.8) is 0 Å². The number of ether oxygens (including phenoxy) is 1. The second-order valence-electron chi connectivity index (χ2n) is 4.37. The molecule has 0 fully saturated rings. The van der Waals surface area contributed by atoms with Gasteiger partial charge in [-0.25, -0.2) is 4.79 Å². The number of halogens is 1. The maximum Gasteiger partial charge on any atom is 0.338 e. The average molecular weight is 380 g/mol. The van der Waals surface area contributed by atoms with Crippen LogP contribution >= 0.6 is 22.6 Å². The molecule has 4 heteroatoms. The molecule has 20 heavy (non-hydrogen) atoms. The molecule has 0 saturated heterocycles. The molecule has 2 aromatic carbocycles. The highest BCUT2D eigenvalue weighted by Gasteiger charge is 2.11. The van der Waals surface area contributed by atoms with E-state index in [1.165, 1.54) is 0 Å². The molecule has 0 aliphatic carbocycles. The highest BCUT2D eigenvalue weighted by atomic mass is 127. The summed E-state index contributed by atoms with van der Waals surface area (Å²) in [4.78, 5) is 23.6. The fourth-order valence-electron chi connectivity index (χ4n) is 1.62. The van der Waals surface area contributed by atoms with Crippen LogP contribution in [-0.4, -0.2) is 18.4 Å². The van der Waals surface area contributed by atoms with Crippen molar-refractivity contribution in [1.29, 1.82) is 0 Å². The number of hydrogen-bond acceptors (Lipinski definition) is 3. The molecule has 102 valence electrons. The Bertz CT molecular complexity index is 558. The average Bonchev–Trinajstić information content (AvgIpc) is 2.46. The Morgan fingerprint density at radius 2 is 1.50 bits per heavy atom. The maximum absolute atomic E-state index is 11.9. The number of benzene rings is 2. The van der Waals surface area contributed by atoms with Crippen LogP contribution in [0.1, 0.15) is 26.3 Å². The summed E-state index contributed by atoms with van der Waals surface area (Å²) in [6.07, 6.45) is 0. The van der Waals surface area contributed by atoms with Crippen LogP contribution in [0.3, 0.4) is 0 Å². The Morgan fingerprint density at radius 1 is 0.950 bits per heavy atom. The molecule has 0 aliphatic heterocycles. The quantitative estimate of drug-likeness (QED) is 0.462. The predicted octanol–water partition coefficient (Wildman–Crippen LogP) is 3.64. The van der Waals surface area contributed by atoms with Crippen LogP contribution in [0.4, 0.5) is 0 Å². The summed E-state index contributed by atoms with van der Waals surface area (Å²) in [7, 11) is 0. The third-order valence-corrected chi connectivity index (χ3v) is 3.51. The fraction of sp³-hybridized carbons (Fsp3) is 0.125. The summed E-state index contributed by atoms with van der Waals surface area (Å²) in [5.74, 6) is -0.689. The standard InChI is InChI=1S/C16H13IO3/c1-11-2-4-13(5-3-11)16(19)20-10-15(18)12-6-8-14(17)9-7-12/h2-9H,10H2,1H3. The molecule has 0 aliphatic rings. The van der Waals surface area contributed by atoms with E-state index in [0.29, 0.717) is 11.1 Å². The number of ketones is 1. The molecule has 0 amide bonds. The van der Waals surface area contributed by atoms with Crippen molar-refractivity contribution in [2.45, 2.75) is 6.92 Å². The minimum absolute atomic E-state index is 0.207. The number of carbonyl (C=O) groups excluding carboxylic acids is 2. The van der Waals surface area contributed by atoms with Crippen LogP contribution in [0.15, 0.2) is 48.5 Å². The molecule has 0 bridgehead atoms. The molecule has 0 spiro atoms. The number of carbonyl (C=O) groups is 2. The zero-order valence-corrected chi connectivity index (χ0v) is 13.1. The zero-order chi connectivity index (χ0) is 14.5. The normalized spacial score (nSPS) is 10.1. The number of rotatable bonds is 4. The lowest BCUT2D eigenvalue weighted by Gasteiger charge is -2.05. The molecule has 3 nitrogen and oxygen atoms in total. The van der Waals surface area contributed by atoms with Gasteiger partial charge in [0, 0.05) is 9.13 Å². The van der Waals surface area contributed by atoms with Crippen LogP contribution in [0.25, 0.3) is 0 Å². The van der Waals surface area contributed by atoms with Gasteiger partial charge in [0.15, 0.2) is 12.4 Å². The summed E-state index contributed by atoms with van der Waals surface area (Å²) in [6.45, 7) is 1.70. The lowest BCUT2D eigenvalue weighted by atomic mass is 10.1. The van der Waals surface area contributed by atoms with Gasteiger partial charge in [-0.2, -0.15) is 0 Å². The third kappa shape index (κ3) is 3.90. The van der Waals surface area contributed by atoms with Gasteiger partial charge in [0.1, 0.15) is 0 Å². The van der Waals surface area contributed by atoms with E-state index in [4.69, 9.17) is 4.74 Å². The van der Waals surface area contributed by atoms with E-state index >= 15 is 0 Å². The summed E-state index contributed by atoms with van der Waals surface area (Å²) >= 11 is 2.17. The topological polar surface area (TPSA) is 43.4 Å². The van der Waals surface area contributed by atoms with E-state index in [0.717, 1.165) is 9.13 Å². The Labute approximate surface area is 131 Å². The SMILES string of the molecule is Cc1ccc(C(=O)OCC(=O)c2ccc(I)cc2)cc1. The molecule has 0 unspecified atom stereocenters. The van der Waals surface area contributed by atoms with E-state index < -0.39 is 5.97 Å². The van der Waals surface area contributed by atoms with Gasteiger partial charge in [-0.05, 0) is 53.8 Å². The molecular formula is C16H13IO3. The van der Waals surface area contributed by atoms with E-state index in [9.17, 15) is 9.59 Å². The predicted molar refractivity (Wildman–Crippen MR) is 85.0 cm³/mol. The van der Waals surface area contributed by atoms with Crippen molar-refractivity contribution < 1.29 is 14.3 Å². The summed E-state index contributed by atoms with van der Waals surface area (Å²) < 4.78 is 6.08. The third-order valence-electron chi connectivity index (χ3n) is 2.79. The highest BCUT2D eigenvalue weighted by Crippen LogP contribution is 2.09. The van der Waals surface area contributed by atoms with Crippen LogP contribution in [0, 0.1) is 10.5 Å². The van der Waals surface area contributed by atoms with Crippen LogP contribution in [0.5, 0.6) is 0 Å². The fourth-order valence-corrected chi connectivity index (χ4v) is 1.98. The number of hydrogen-bond donors (Lipinski definition) is 0. The van der Waals surface area contributed by atoms with Gasteiger partial charge >= 0.3 is 5.97 Å². The molecule has 0 saturated carbocycles. The Morgan fingerprint density at radius 3 is 2.10 bits per heavy atom. The van der Waals surface area contributed by atoms with Crippen molar-refractivity contribution in [3.8, 4) is 0 Å². The molecule has 0 aromatic heterocycles. The highest BCUT2D eigenvalue weighted by molar-refractivity contribution is 14.1. The Balaban J connectivity index is 1.94. The van der Waals surface area contributed by atoms with E-state index in [1.54, 1.807) is 24.3 Å². The molecule has 0 N–H and O–H groups in total. The van der Waals surface area contributed by atoms with Crippen molar-refractivity contribution in [2.75, 3.05) is 6.61 Å². The maximum atomic E-state index is 11.9. The van der Waals surface area contributed by atoms with Crippen LogP contribution in [-0.2, 0) is 4.74 Å². The van der Waals surface area contributed by atoms with E-state index in [2.05, 4.69) is 22.6 Å². The van der Waals surface area contributed by atoms with Gasteiger partial charge in [-0.3, -0.25) is 4.79 Å². The molecule has 2 aromatic rings.